The van der Waals surface area contributed by atoms with Crippen LogP contribution in [-0.2, 0) is 21.7 Å². The molecule has 1 unspecified atom stereocenters. The molecular formula is C24H16N4O4S2. The predicted octanol–water partition coefficient (Wildman–Crippen LogP) is 4.10. The molecule has 34 heavy (non-hydrogen) atoms. The van der Waals surface area contributed by atoms with Crippen LogP contribution in [0.5, 0.6) is 5.75 Å². The maximum Gasteiger partial charge on any atom is 0.342 e. The second-order valence-electron chi connectivity index (χ2n) is 7.84. The molecule has 0 saturated heterocycles. The molecule has 0 bridgehead atoms. The summed E-state index contributed by atoms with van der Waals surface area (Å²) in [5.74, 6) is -1.90. The number of rotatable bonds is 5. The highest BCUT2D eigenvalue weighted by Crippen LogP contribution is 2.45. The molecule has 1 aliphatic rings. The first kappa shape index (κ1) is 20.8. The molecule has 10 heteroatoms. The van der Waals surface area contributed by atoms with E-state index >= 15 is 0 Å². The maximum atomic E-state index is 13.2. The van der Waals surface area contributed by atoms with E-state index in [1.807, 2.05) is 24.3 Å². The van der Waals surface area contributed by atoms with E-state index in [1.54, 1.807) is 43.5 Å². The Balaban J connectivity index is 1.53. The molecule has 0 spiro atoms. The largest absolute Gasteiger partial charge is 0.497 e. The molecule has 3 heterocycles. The third kappa shape index (κ3) is 3.35. The molecule has 6 rings (SSSR count). The fourth-order valence-corrected chi connectivity index (χ4v) is 5.30. The Bertz CT molecular complexity index is 1590. The Hall–Kier alpha value is -3.73. The lowest BCUT2D eigenvalue weighted by atomic mass is 9.88. The van der Waals surface area contributed by atoms with Crippen molar-refractivity contribution in [1.82, 2.24) is 18.3 Å². The van der Waals surface area contributed by atoms with Crippen LogP contribution >= 0.6 is 23.3 Å². The number of hydrogen-bond acceptors (Lipinski definition) is 10. The van der Waals surface area contributed by atoms with Gasteiger partial charge in [0.2, 0.25) is 0 Å². The van der Waals surface area contributed by atoms with E-state index in [4.69, 9.17) is 9.47 Å². The Morgan fingerprint density at radius 3 is 2.62 bits per heavy atom. The highest BCUT2D eigenvalue weighted by molar-refractivity contribution is 7.12. The van der Waals surface area contributed by atoms with Crippen LogP contribution < -0.4 is 4.74 Å². The zero-order chi connectivity index (χ0) is 23.3. The summed E-state index contributed by atoms with van der Waals surface area (Å²) in [5, 5.41) is 15.9. The Labute approximate surface area is 201 Å². The predicted molar refractivity (Wildman–Crippen MR) is 128 cm³/mol. The number of nitrogens with zero attached hydrogens (tertiary/aromatic N) is 4. The van der Waals surface area contributed by atoms with Crippen molar-refractivity contribution in [3.05, 3.63) is 82.9 Å². The summed E-state index contributed by atoms with van der Waals surface area (Å²) in [7, 11) is 1.57. The van der Waals surface area contributed by atoms with Crippen LogP contribution in [0.15, 0.2) is 66.2 Å². The minimum absolute atomic E-state index is 0.283. The van der Waals surface area contributed by atoms with Crippen LogP contribution in [-0.4, -0.2) is 36.5 Å². The van der Waals surface area contributed by atoms with Crippen molar-refractivity contribution >= 4 is 56.1 Å². The summed E-state index contributed by atoms with van der Waals surface area (Å²) < 4.78 is 24.4. The first-order valence-corrected chi connectivity index (χ1v) is 11.8. The van der Waals surface area contributed by atoms with E-state index in [0.29, 0.717) is 33.5 Å². The molecule has 8 nitrogen and oxygen atoms in total. The summed E-state index contributed by atoms with van der Waals surface area (Å²) in [5.41, 5.74) is 4.93. The van der Waals surface area contributed by atoms with Crippen LogP contribution in [0.1, 0.15) is 16.7 Å². The Morgan fingerprint density at radius 2 is 1.79 bits per heavy atom. The Kier molecular flexibility index (Phi) is 4.87. The zero-order valence-electron chi connectivity index (χ0n) is 17.8. The van der Waals surface area contributed by atoms with Gasteiger partial charge in [-0.15, -0.1) is 5.10 Å². The molecule has 1 N–H and O–H groups in total. The Morgan fingerprint density at radius 1 is 1.00 bits per heavy atom. The van der Waals surface area contributed by atoms with Gasteiger partial charge in [-0.05, 0) is 71.2 Å². The molecular weight excluding hydrogens is 472 g/mol. The lowest BCUT2D eigenvalue weighted by Gasteiger charge is -2.26. The van der Waals surface area contributed by atoms with Crippen molar-refractivity contribution in [2.24, 2.45) is 0 Å². The lowest BCUT2D eigenvalue weighted by Crippen LogP contribution is -2.29. The number of aromatic nitrogens is 4. The topological polar surface area (TPSA) is 107 Å². The minimum atomic E-state index is -1.94. The van der Waals surface area contributed by atoms with Crippen molar-refractivity contribution in [2.45, 2.75) is 12.2 Å². The molecule has 1 aliphatic heterocycles. The molecule has 1 atom stereocenters. The van der Waals surface area contributed by atoms with Gasteiger partial charge in [0, 0.05) is 17.6 Å². The summed E-state index contributed by atoms with van der Waals surface area (Å²) in [6.07, 6.45) is 0.283. The summed E-state index contributed by atoms with van der Waals surface area (Å²) in [4.78, 5) is 13.2. The number of esters is 1. The van der Waals surface area contributed by atoms with Gasteiger partial charge in [-0.2, -0.15) is 8.75 Å². The van der Waals surface area contributed by atoms with Gasteiger partial charge in [0.25, 0.3) is 5.79 Å². The molecule has 0 radical (unpaired) electrons. The zero-order valence-corrected chi connectivity index (χ0v) is 19.4. The van der Waals surface area contributed by atoms with Crippen LogP contribution in [0.3, 0.4) is 0 Å². The smallest absolute Gasteiger partial charge is 0.342 e. The normalized spacial score (nSPS) is 18.1. The number of hydrogen-bond donors (Lipinski definition) is 1. The van der Waals surface area contributed by atoms with Crippen molar-refractivity contribution in [2.75, 3.05) is 7.11 Å². The van der Waals surface area contributed by atoms with E-state index < -0.39 is 11.8 Å². The van der Waals surface area contributed by atoms with Crippen molar-refractivity contribution < 1.29 is 19.4 Å². The average Bonchev–Trinajstić information content (AvgIpc) is 3.57. The van der Waals surface area contributed by atoms with E-state index in [9.17, 15) is 9.90 Å². The quantitative estimate of drug-likeness (QED) is 0.369. The van der Waals surface area contributed by atoms with Crippen LogP contribution in [0.2, 0.25) is 0 Å². The second kappa shape index (κ2) is 7.94. The summed E-state index contributed by atoms with van der Waals surface area (Å²) in [6.45, 7) is 0. The summed E-state index contributed by atoms with van der Waals surface area (Å²) in [6, 6.07) is 18.0. The number of carbonyl (C=O) groups is 1. The van der Waals surface area contributed by atoms with Gasteiger partial charge in [-0.25, -0.2) is 4.79 Å². The van der Waals surface area contributed by atoms with Crippen molar-refractivity contribution in [3.8, 4) is 5.75 Å². The van der Waals surface area contributed by atoms with Gasteiger partial charge in [-0.3, -0.25) is 0 Å². The first-order valence-electron chi connectivity index (χ1n) is 10.3. The number of fused-ring (bicyclic) bond motifs is 2. The van der Waals surface area contributed by atoms with E-state index in [1.165, 1.54) is 11.5 Å². The van der Waals surface area contributed by atoms with Crippen LogP contribution in [0.25, 0.3) is 26.8 Å². The number of aliphatic hydroxyl groups is 1. The molecule has 0 amide bonds. The fraction of sp³-hybridized carbons (Fsp3) is 0.125. The van der Waals surface area contributed by atoms with Gasteiger partial charge < -0.3 is 14.6 Å². The van der Waals surface area contributed by atoms with E-state index in [2.05, 4.69) is 18.3 Å². The molecule has 168 valence electrons. The number of ether oxygens (including phenoxy) is 2. The van der Waals surface area contributed by atoms with Crippen molar-refractivity contribution in [3.63, 3.8) is 0 Å². The third-order valence-corrected chi connectivity index (χ3v) is 7.12. The molecule has 0 aliphatic carbocycles. The standard InChI is InChI=1S/C24H16N4O4S2/c1-31-16-6-4-15(5-7-16)24(30)17(10-13-2-8-19-21(11-13)33-28-25-19)22(23(29)32-24)14-3-9-18-20(12-14)27-34-26-18/h2-9,11-12,30H,10H2,1H3. The SMILES string of the molecule is COc1ccc(C2(O)OC(=O)C(c3ccc4nsnc4c3)=C2Cc2ccc3nnsc3c2)cc1. The lowest BCUT2D eigenvalue weighted by molar-refractivity contribution is -0.185. The van der Waals surface area contributed by atoms with Gasteiger partial charge in [-0.1, -0.05) is 16.6 Å². The van der Waals surface area contributed by atoms with Crippen LogP contribution in [0.4, 0.5) is 0 Å². The highest BCUT2D eigenvalue weighted by Gasteiger charge is 2.48. The third-order valence-electron chi connectivity index (χ3n) is 5.87. The van der Waals surface area contributed by atoms with Crippen LogP contribution in [0, 0.1) is 0 Å². The number of methoxy groups -OCH3 is 1. The molecule has 3 aromatic carbocycles. The maximum absolute atomic E-state index is 13.2. The second-order valence-corrected chi connectivity index (χ2v) is 9.15. The molecule has 0 fully saturated rings. The molecule has 5 aromatic rings. The van der Waals surface area contributed by atoms with Gasteiger partial charge in [0.15, 0.2) is 0 Å². The average molecular weight is 489 g/mol. The molecule has 2 aromatic heterocycles. The van der Waals surface area contributed by atoms with Gasteiger partial charge in [0.1, 0.15) is 22.3 Å². The van der Waals surface area contributed by atoms with Gasteiger partial charge in [0.05, 0.1) is 29.1 Å². The number of benzene rings is 3. The van der Waals surface area contributed by atoms with E-state index in [0.717, 1.165) is 33.0 Å². The minimum Gasteiger partial charge on any atom is -0.497 e. The molecule has 0 saturated carbocycles. The fourth-order valence-electron chi connectivity index (χ4n) is 4.16. The monoisotopic (exact) mass is 488 g/mol. The van der Waals surface area contributed by atoms with E-state index in [-0.39, 0.29) is 6.42 Å². The van der Waals surface area contributed by atoms with Crippen molar-refractivity contribution in [1.29, 1.82) is 0 Å². The summed E-state index contributed by atoms with van der Waals surface area (Å²) >= 11 is 2.40. The number of cyclic esters (lactones) is 1. The number of carbonyl (C=O) groups excluding carboxylic acids is 1. The highest BCUT2D eigenvalue weighted by atomic mass is 32.1. The first-order chi connectivity index (χ1) is 16.5. The van der Waals surface area contributed by atoms with Gasteiger partial charge >= 0.3 is 5.97 Å².